The number of hydrogen-bond donors (Lipinski definition) is 1. The maximum atomic E-state index is 10.4. The van der Waals surface area contributed by atoms with Crippen LogP contribution >= 0.6 is 27.3 Å². The molecule has 1 rings (SSSR count). The number of rotatable bonds is 3. The maximum absolute atomic E-state index is 10.4. The van der Waals surface area contributed by atoms with E-state index in [1.807, 2.05) is 0 Å². The lowest BCUT2D eigenvalue weighted by atomic mass is 10.2. The molecule has 4 nitrogen and oxygen atoms in total. The van der Waals surface area contributed by atoms with Crippen LogP contribution in [0.2, 0.25) is 0 Å². The van der Waals surface area contributed by atoms with Crippen LogP contribution in [0.15, 0.2) is 15.2 Å². The van der Waals surface area contributed by atoms with E-state index in [1.165, 1.54) is 11.3 Å². The second-order valence-electron chi connectivity index (χ2n) is 2.13. The van der Waals surface area contributed by atoms with E-state index < -0.39 is 17.6 Å². The van der Waals surface area contributed by atoms with Gasteiger partial charge < -0.3 is 5.11 Å². The number of nitrogens with zero attached hydrogens (tertiary/aromatic N) is 1. The number of thiophene rings is 1. The van der Waals surface area contributed by atoms with Crippen LogP contribution in [0, 0.1) is 10.1 Å². The minimum Gasteiger partial charge on any atom is -0.389 e. The second-order valence-corrected chi connectivity index (χ2v) is 4.37. The molecule has 0 aliphatic heterocycles. The molecule has 0 radical (unpaired) electrons. The molecule has 0 aliphatic rings. The molecule has 66 valence electrons. The SMILES string of the molecule is O=[N+]([O-])C(CO)c1ccsc1Br. The van der Waals surface area contributed by atoms with Gasteiger partial charge in [-0.05, 0) is 27.4 Å². The largest absolute Gasteiger partial charge is 0.389 e. The Hall–Kier alpha value is -0.460. The lowest BCUT2D eigenvalue weighted by Gasteiger charge is -2.03. The van der Waals surface area contributed by atoms with Crippen LogP contribution in [-0.2, 0) is 0 Å². The monoisotopic (exact) mass is 251 g/mol. The van der Waals surface area contributed by atoms with E-state index in [0.29, 0.717) is 9.35 Å². The Morgan fingerprint density at radius 1 is 1.83 bits per heavy atom. The maximum Gasteiger partial charge on any atom is 0.262 e. The van der Waals surface area contributed by atoms with Crippen molar-refractivity contribution in [2.24, 2.45) is 0 Å². The van der Waals surface area contributed by atoms with Crippen molar-refractivity contribution in [3.63, 3.8) is 0 Å². The van der Waals surface area contributed by atoms with Crippen molar-refractivity contribution < 1.29 is 10.0 Å². The zero-order chi connectivity index (χ0) is 9.14. The van der Waals surface area contributed by atoms with Gasteiger partial charge in [0.05, 0.1) is 9.35 Å². The van der Waals surface area contributed by atoms with Gasteiger partial charge in [-0.25, -0.2) is 0 Å². The van der Waals surface area contributed by atoms with Crippen LogP contribution in [-0.4, -0.2) is 16.6 Å². The summed E-state index contributed by atoms with van der Waals surface area (Å²) in [5.41, 5.74) is 0.535. The van der Waals surface area contributed by atoms with Crippen LogP contribution < -0.4 is 0 Å². The third-order valence-corrected chi connectivity index (χ3v) is 3.17. The molecule has 1 unspecified atom stereocenters. The highest BCUT2D eigenvalue weighted by molar-refractivity contribution is 9.11. The Bertz CT molecular complexity index is 288. The molecule has 0 aliphatic carbocycles. The molecular weight excluding hydrogens is 246 g/mol. The average molecular weight is 252 g/mol. The van der Waals surface area contributed by atoms with Crippen LogP contribution in [0.5, 0.6) is 0 Å². The quantitative estimate of drug-likeness (QED) is 0.659. The van der Waals surface area contributed by atoms with E-state index in [1.54, 1.807) is 11.4 Å². The summed E-state index contributed by atoms with van der Waals surface area (Å²) in [6, 6.07) is 0.629. The summed E-state index contributed by atoms with van der Waals surface area (Å²) in [5, 5.41) is 20.9. The fourth-order valence-corrected chi connectivity index (χ4v) is 2.22. The van der Waals surface area contributed by atoms with E-state index >= 15 is 0 Å². The molecule has 6 heteroatoms. The number of aliphatic hydroxyl groups excluding tert-OH is 1. The van der Waals surface area contributed by atoms with Gasteiger partial charge in [0, 0.05) is 4.92 Å². The van der Waals surface area contributed by atoms with Crippen LogP contribution in [0.3, 0.4) is 0 Å². The Morgan fingerprint density at radius 2 is 2.50 bits per heavy atom. The molecule has 0 aromatic carbocycles. The Morgan fingerprint density at radius 3 is 2.83 bits per heavy atom. The summed E-state index contributed by atoms with van der Waals surface area (Å²) in [6.45, 7) is -0.470. The van der Waals surface area contributed by atoms with Crippen molar-refractivity contribution in [2.75, 3.05) is 6.61 Å². The summed E-state index contributed by atoms with van der Waals surface area (Å²) in [7, 11) is 0. The molecule has 1 aromatic heterocycles. The summed E-state index contributed by atoms with van der Waals surface area (Å²) in [6.07, 6.45) is 0. The van der Waals surface area contributed by atoms with Gasteiger partial charge in [0.25, 0.3) is 6.04 Å². The Balaban J connectivity index is 2.94. The first-order valence-corrected chi connectivity index (χ1v) is 4.81. The fourth-order valence-electron chi connectivity index (χ4n) is 0.821. The first kappa shape index (κ1) is 9.63. The van der Waals surface area contributed by atoms with Crippen molar-refractivity contribution in [1.29, 1.82) is 0 Å². The predicted octanol–water partition coefficient (Wildman–Crippen LogP) is 1.82. The van der Waals surface area contributed by atoms with Gasteiger partial charge in [-0.15, -0.1) is 11.3 Å². The molecule has 0 amide bonds. The van der Waals surface area contributed by atoms with E-state index in [2.05, 4.69) is 15.9 Å². The standard InChI is InChI=1S/C6H6BrNO3S/c7-6-4(1-2-12-6)5(3-9)8(10)11/h1-2,5,9H,3H2. The smallest absolute Gasteiger partial charge is 0.262 e. The van der Waals surface area contributed by atoms with E-state index in [4.69, 9.17) is 5.11 Å². The highest BCUT2D eigenvalue weighted by atomic mass is 79.9. The summed E-state index contributed by atoms with van der Waals surface area (Å²) >= 11 is 4.55. The van der Waals surface area contributed by atoms with Crippen molar-refractivity contribution in [3.05, 3.63) is 30.9 Å². The molecule has 0 bridgehead atoms. The number of halogens is 1. The van der Waals surface area contributed by atoms with Crippen molar-refractivity contribution in [3.8, 4) is 0 Å². The van der Waals surface area contributed by atoms with Gasteiger partial charge >= 0.3 is 0 Å². The van der Waals surface area contributed by atoms with Crippen LogP contribution in [0.25, 0.3) is 0 Å². The first-order valence-electron chi connectivity index (χ1n) is 3.14. The fraction of sp³-hybridized carbons (Fsp3) is 0.333. The zero-order valence-electron chi connectivity index (χ0n) is 5.94. The van der Waals surface area contributed by atoms with Gasteiger partial charge in [0.1, 0.15) is 6.61 Å². The van der Waals surface area contributed by atoms with Gasteiger partial charge in [0.2, 0.25) is 0 Å². The van der Waals surface area contributed by atoms with Crippen molar-refractivity contribution >= 4 is 27.3 Å². The highest BCUT2D eigenvalue weighted by Crippen LogP contribution is 2.29. The molecule has 0 spiro atoms. The minimum absolute atomic E-state index is 0.470. The van der Waals surface area contributed by atoms with E-state index in [-0.39, 0.29) is 0 Å². The molecule has 12 heavy (non-hydrogen) atoms. The third-order valence-electron chi connectivity index (χ3n) is 1.43. The Labute approximate surface area is 81.1 Å². The minimum atomic E-state index is -1.01. The third kappa shape index (κ3) is 1.82. The summed E-state index contributed by atoms with van der Waals surface area (Å²) < 4.78 is 0.707. The highest BCUT2D eigenvalue weighted by Gasteiger charge is 2.24. The molecule has 1 atom stereocenters. The predicted molar refractivity (Wildman–Crippen MR) is 48.8 cm³/mol. The van der Waals surface area contributed by atoms with Crippen molar-refractivity contribution in [1.82, 2.24) is 0 Å². The van der Waals surface area contributed by atoms with Crippen LogP contribution in [0.4, 0.5) is 0 Å². The van der Waals surface area contributed by atoms with E-state index in [9.17, 15) is 10.1 Å². The first-order chi connectivity index (χ1) is 5.66. The lowest BCUT2D eigenvalue weighted by Crippen LogP contribution is -2.13. The molecule has 0 saturated heterocycles. The topological polar surface area (TPSA) is 63.4 Å². The Kier molecular flexibility index (Phi) is 3.19. The van der Waals surface area contributed by atoms with Crippen molar-refractivity contribution in [2.45, 2.75) is 6.04 Å². The average Bonchev–Trinajstić information content (AvgIpc) is 2.38. The number of nitro groups is 1. The number of aliphatic hydroxyl groups is 1. The van der Waals surface area contributed by atoms with E-state index in [0.717, 1.165) is 0 Å². The van der Waals surface area contributed by atoms with Crippen LogP contribution in [0.1, 0.15) is 11.6 Å². The molecule has 0 saturated carbocycles. The normalized spacial score (nSPS) is 12.8. The van der Waals surface area contributed by atoms with Gasteiger partial charge in [-0.2, -0.15) is 0 Å². The molecule has 0 fully saturated rings. The molecule has 1 aromatic rings. The van der Waals surface area contributed by atoms with Gasteiger partial charge in [-0.3, -0.25) is 10.1 Å². The number of hydrogen-bond acceptors (Lipinski definition) is 4. The van der Waals surface area contributed by atoms with Gasteiger partial charge in [-0.1, -0.05) is 0 Å². The summed E-state index contributed by atoms with van der Waals surface area (Å²) in [4.78, 5) is 9.92. The molecule has 1 heterocycles. The molecular formula is C6H6BrNO3S. The molecule has 1 N–H and O–H groups in total. The van der Waals surface area contributed by atoms with Gasteiger partial charge in [0.15, 0.2) is 0 Å². The second kappa shape index (κ2) is 3.97. The zero-order valence-corrected chi connectivity index (χ0v) is 8.34. The lowest BCUT2D eigenvalue weighted by molar-refractivity contribution is -0.532. The summed E-state index contributed by atoms with van der Waals surface area (Å²) in [5.74, 6) is 0.